The van der Waals surface area contributed by atoms with Gasteiger partial charge in [-0.2, -0.15) is 5.10 Å². The van der Waals surface area contributed by atoms with Crippen LogP contribution in [0.3, 0.4) is 0 Å². The first-order chi connectivity index (χ1) is 10.2. The van der Waals surface area contributed by atoms with Crippen LogP contribution < -0.4 is 0 Å². The Labute approximate surface area is 133 Å². The molecule has 2 aromatic rings. The first-order valence-electron chi connectivity index (χ1n) is 7.56. The number of aliphatic hydroxyl groups excluding tert-OH is 1. The summed E-state index contributed by atoms with van der Waals surface area (Å²) in [5.41, 5.74) is 1.59. The number of aliphatic hydroxyl groups is 1. The third-order valence-electron chi connectivity index (χ3n) is 4.12. The Morgan fingerprint density at radius 1 is 1.29 bits per heavy atom. The van der Waals surface area contributed by atoms with Crippen LogP contribution >= 0.6 is 15.9 Å². The van der Waals surface area contributed by atoms with Gasteiger partial charge >= 0.3 is 0 Å². The summed E-state index contributed by atoms with van der Waals surface area (Å²) in [6.45, 7) is 0. The molecule has 0 radical (unpaired) electrons. The van der Waals surface area contributed by atoms with Gasteiger partial charge in [0, 0.05) is 23.3 Å². The Kier molecular flexibility index (Phi) is 4.70. The maximum atomic E-state index is 10.3. The summed E-state index contributed by atoms with van der Waals surface area (Å²) in [5, 5.41) is 15.0. The Morgan fingerprint density at radius 3 is 2.86 bits per heavy atom. The van der Waals surface area contributed by atoms with Crippen molar-refractivity contribution in [1.82, 2.24) is 14.8 Å². The number of rotatable bonds is 4. The van der Waals surface area contributed by atoms with Crippen LogP contribution in [-0.4, -0.2) is 19.9 Å². The zero-order valence-corrected chi connectivity index (χ0v) is 13.5. The molecule has 5 heteroatoms. The molecule has 3 rings (SSSR count). The Morgan fingerprint density at radius 2 is 2.10 bits per heavy atom. The van der Waals surface area contributed by atoms with Gasteiger partial charge in [0.25, 0.3) is 0 Å². The molecule has 0 amide bonds. The summed E-state index contributed by atoms with van der Waals surface area (Å²) in [5.74, 6) is 0. The maximum absolute atomic E-state index is 10.3. The lowest BCUT2D eigenvalue weighted by atomic mass is 9.96. The SMILES string of the molecule is OC(Cc1ccn(C2CCCCC2)n1)c1ncccc1Br. The molecule has 1 aliphatic carbocycles. The van der Waals surface area contributed by atoms with E-state index in [0.29, 0.717) is 18.2 Å². The minimum absolute atomic E-state index is 0.495. The maximum Gasteiger partial charge on any atom is 0.103 e. The summed E-state index contributed by atoms with van der Waals surface area (Å²) in [7, 11) is 0. The average molecular weight is 350 g/mol. The number of aromatic nitrogens is 3. The number of halogens is 1. The molecule has 1 aliphatic rings. The van der Waals surface area contributed by atoms with Crippen molar-refractivity contribution in [1.29, 1.82) is 0 Å². The molecule has 1 atom stereocenters. The fourth-order valence-electron chi connectivity index (χ4n) is 2.97. The molecule has 21 heavy (non-hydrogen) atoms. The molecular formula is C16H20BrN3O. The summed E-state index contributed by atoms with van der Waals surface area (Å²) in [6, 6.07) is 6.28. The lowest BCUT2D eigenvalue weighted by Gasteiger charge is -2.21. The highest BCUT2D eigenvalue weighted by Crippen LogP contribution is 2.28. The highest BCUT2D eigenvalue weighted by atomic mass is 79.9. The van der Waals surface area contributed by atoms with E-state index < -0.39 is 6.10 Å². The highest BCUT2D eigenvalue weighted by molar-refractivity contribution is 9.10. The number of hydrogen-bond acceptors (Lipinski definition) is 3. The van der Waals surface area contributed by atoms with Crippen LogP contribution in [0.4, 0.5) is 0 Å². The predicted octanol–water partition coefficient (Wildman–Crippen LogP) is 3.82. The number of pyridine rings is 1. The standard InChI is InChI=1S/C16H20BrN3O/c17-14-7-4-9-18-16(14)15(21)11-12-8-10-20(19-12)13-5-2-1-3-6-13/h4,7-10,13,15,21H,1-3,5-6,11H2. The average Bonchev–Trinajstić information content (AvgIpc) is 2.97. The van der Waals surface area contributed by atoms with Crippen molar-refractivity contribution >= 4 is 15.9 Å². The fraction of sp³-hybridized carbons (Fsp3) is 0.500. The first-order valence-corrected chi connectivity index (χ1v) is 8.36. The summed E-state index contributed by atoms with van der Waals surface area (Å²) >= 11 is 3.43. The third-order valence-corrected chi connectivity index (χ3v) is 4.79. The second-order valence-corrected chi connectivity index (χ2v) is 6.52. The van der Waals surface area contributed by atoms with E-state index in [4.69, 9.17) is 0 Å². The summed E-state index contributed by atoms with van der Waals surface area (Å²) < 4.78 is 2.92. The van der Waals surface area contributed by atoms with Gasteiger partial charge in [0.15, 0.2) is 0 Å². The van der Waals surface area contributed by atoms with Crippen LogP contribution in [0, 0.1) is 0 Å². The molecule has 1 fully saturated rings. The van der Waals surface area contributed by atoms with Crippen molar-refractivity contribution in [3.05, 3.63) is 46.5 Å². The monoisotopic (exact) mass is 349 g/mol. The van der Waals surface area contributed by atoms with Gasteiger partial charge in [-0.1, -0.05) is 19.3 Å². The minimum Gasteiger partial charge on any atom is -0.386 e. The van der Waals surface area contributed by atoms with Crippen LogP contribution in [-0.2, 0) is 6.42 Å². The van der Waals surface area contributed by atoms with Crippen molar-refractivity contribution in [3.63, 3.8) is 0 Å². The van der Waals surface area contributed by atoms with Crippen LogP contribution in [0.2, 0.25) is 0 Å². The molecule has 1 unspecified atom stereocenters. The van der Waals surface area contributed by atoms with E-state index in [2.05, 4.69) is 30.7 Å². The van der Waals surface area contributed by atoms with E-state index in [-0.39, 0.29) is 0 Å². The minimum atomic E-state index is -0.629. The molecule has 0 bridgehead atoms. The van der Waals surface area contributed by atoms with Crippen molar-refractivity contribution < 1.29 is 5.11 Å². The molecule has 1 N–H and O–H groups in total. The van der Waals surface area contributed by atoms with Crippen LogP contribution in [0.1, 0.15) is 55.6 Å². The van der Waals surface area contributed by atoms with Crippen molar-refractivity contribution in [2.75, 3.05) is 0 Å². The largest absolute Gasteiger partial charge is 0.386 e. The second kappa shape index (κ2) is 6.71. The van der Waals surface area contributed by atoms with Gasteiger partial charge in [-0.25, -0.2) is 0 Å². The molecule has 2 aromatic heterocycles. The Balaban J connectivity index is 1.68. The Bertz CT molecular complexity index is 593. The molecule has 0 aromatic carbocycles. The lowest BCUT2D eigenvalue weighted by Crippen LogP contribution is -2.14. The summed E-state index contributed by atoms with van der Waals surface area (Å²) in [6.07, 6.45) is 9.98. The summed E-state index contributed by atoms with van der Waals surface area (Å²) in [4.78, 5) is 4.24. The molecule has 0 aliphatic heterocycles. The van der Waals surface area contributed by atoms with Gasteiger partial charge in [-0.05, 0) is 47.0 Å². The quantitative estimate of drug-likeness (QED) is 0.912. The van der Waals surface area contributed by atoms with Gasteiger partial charge in [-0.3, -0.25) is 9.67 Å². The van der Waals surface area contributed by atoms with Gasteiger partial charge in [0.1, 0.15) is 6.10 Å². The van der Waals surface area contributed by atoms with E-state index in [1.165, 1.54) is 32.1 Å². The lowest BCUT2D eigenvalue weighted by molar-refractivity contribution is 0.171. The van der Waals surface area contributed by atoms with Gasteiger partial charge in [0.2, 0.25) is 0 Å². The van der Waals surface area contributed by atoms with Crippen LogP contribution in [0.5, 0.6) is 0 Å². The van der Waals surface area contributed by atoms with Crippen LogP contribution in [0.15, 0.2) is 35.1 Å². The van der Waals surface area contributed by atoms with E-state index in [0.717, 1.165) is 10.2 Å². The predicted molar refractivity (Wildman–Crippen MR) is 84.9 cm³/mol. The van der Waals surface area contributed by atoms with E-state index in [1.54, 1.807) is 6.20 Å². The van der Waals surface area contributed by atoms with E-state index in [1.807, 2.05) is 24.4 Å². The topological polar surface area (TPSA) is 50.9 Å². The number of hydrogen-bond donors (Lipinski definition) is 1. The third kappa shape index (κ3) is 3.52. The van der Waals surface area contributed by atoms with Crippen LogP contribution in [0.25, 0.3) is 0 Å². The fourth-order valence-corrected chi connectivity index (χ4v) is 3.49. The second-order valence-electron chi connectivity index (χ2n) is 5.67. The highest BCUT2D eigenvalue weighted by Gasteiger charge is 2.18. The first kappa shape index (κ1) is 14.7. The smallest absolute Gasteiger partial charge is 0.103 e. The Hall–Kier alpha value is -1.20. The molecular weight excluding hydrogens is 330 g/mol. The molecule has 4 nitrogen and oxygen atoms in total. The molecule has 112 valence electrons. The zero-order valence-electron chi connectivity index (χ0n) is 12.0. The van der Waals surface area contributed by atoms with E-state index in [9.17, 15) is 5.11 Å². The molecule has 2 heterocycles. The van der Waals surface area contributed by atoms with Crippen molar-refractivity contribution in [2.45, 2.75) is 50.7 Å². The van der Waals surface area contributed by atoms with Crippen molar-refractivity contribution in [2.24, 2.45) is 0 Å². The van der Waals surface area contributed by atoms with Gasteiger partial charge in [-0.15, -0.1) is 0 Å². The van der Waals surface area contributed by atoms with Gasteiger partial charge in [0.05, 0.1) is 17.4 Å². The van der Waals surface area contributed by atoms with Gasteiger partial charge < -0.3 is 5.11 Å². The van der Waals surface area contributed by atoms with E-state index >= 15 is 0 Å². The molecule has 0 saturated heterocycles. The normalized spacial score (nSPS) is 17.8. The van der Waals surface area contributed by atoms with Crippen molar-refractivity contribution in [3.8, 4) is 0 Å². The molecule has 1 saturated carbocycles. The zero-order chi connectivity index (χ0) is 14.7. The number of nitrogens with zero attached hydrogens (tertiary/aromatic N) is 3. The molecule has 0 spiro atoms.